The van der Waals surface area contributed by atoms with Crippen molar-refractivity contribution in [3.8, 4) is 0 Å². The highest BCUT2D eigenvalue weighted by Gasteiger charge is 2.35. The summed E-state index contributed by atoms with van der Waals surface area (Å²) in [6, 6.07) is 7.74. The van der Waals surface area contributed by atoms with Crippen LogP contribution in [0.5, 0.6) is 0 Å². The van der Waals surface area contributed by atoms with Gasteiger partial charge in [-0.25, -0.2) is 4.98 Å². The Balaban J connectivity index is 1.55. The molecular weight excluding hydrogens is 266 g/mol. The minimum Gasteiger partial charge on any atom is -0.378 e. The maximum atomic E-state index is 12.1. The largest absolute Gasteiger partial charge is 0.378 e. The molecule has 2 fully saturated rings. The molecule has 1 saturated heterocycles. The number of anilines is 1. The van der Waals surface area contributed by atoms with E-state index in [1.165, 1.54) is 12.8 Å². The predicted octanol–water partition coefficient (Wildman–Crippen LogP) is 2.29. The molecule has 2 atom stereocenters. The number of hydrogen-bond donors (Lipinski definition) is 2. The first-order valence-electron chi connectivity index (χ1n) is 7.67. The molecule has 2 aliphatic rings. The molecule has 0 amide bonds. The molecule has 1 aliphatic heterocycles. The van der Waals surface area contributed by atoms with Crippen LogP contribution in [0.3, 0.4) is 0 Å². The van der Waals surface area contributed by atoms with Gasteiger partial charge in [0, 0.05) is 12.6 Å². The monoisotopic (exact) mass is 285 g/mol. The molecule has 2 heterocycles. The summed E-state index contributed by atoms with van der Waals surface area (Å²) in [4.78, 5) is 19.4. The number of para-hydroxylation sites is 1. The summed E-state index contributed by atoms with van der Waals surface area (Å²) in [5.74, 6) is 1.32. The lowest BCUT2D eigenvalue weighted by Gasteiger charge is -2.30. The Hall–Kier alpha value is -1.88. The highest BCUT2D eigenvalue weighted by molar-refractivity contribution is 5.78. The maximum absolute atomic E-state index is 12.1. The summed E-state index contributed by atoms with van der Waals surface area (Å²) in [6.45, 7) is 0.788. The van der Waals surface area contributed by atoms with Gasteiger partial charge in [0.1, 0.15) is 0 Å². The van der Waals surface area contributed by atoms with Gasteiger partial charge in [0.25, 0.3) is 5.56 Å². The molecular formula is C16H19N3O2. The SMILES string of the molecule is O=c1[nH]c(NC2CCOC(C3CC3)C2)nc2ccccc12. The lowest BCUT2D eigenvalue weighted by Crippen LogP contribution is -2.36. The molecule has 1 aromatic carbocycles. The van der Waals surface area contributed by atoms with Gasteiger partial charge < -0.3 is 10.1 Å². The minimum absolute atomic E-state index is 0.0890. The van der Waals surface area contributed by atoms with E-state index in [2.05, 4.69) is 15.3 Å². The number of nitrogens with zero attached hydrogens (tertiary/aromatic N) is 1. The summed E-state index contributed by atoms with van der Waals surface area (Å²) in [5.41, 5.74) is 0.642. The Morgan fingerprint density at radius 3 is 2.95 bits per heavy atom. The molecule has 1 saturated carbocycles. The first-order chi connectivity index (χ1) is 10.3. The average Bonchev–Trinajstić information content (AvgIpc) is 3.32. The molecule has 110 valence electrons. The highest BCUT2D eigenvalue weighted by atomic mass is 16.5. The summed E-state index contributed by atoms with van der Waals surface area (Å²) in [6.07, 6.45) is 4.93. The zero-order valence-electron chi connectivity index (χ0n) is 11.8. The van der Waals surface area contributed by atoms with E-state index < -0.39 is 0 Å². The Kier molecular flexibility index (Phi) is 3.15. The van der Waals surface area contributed by atoms with Crippen LogP contribution < -0.4 is 10.9 Å². The van der Waals surface area contributed by atoms with Crippen molar-refractivity contribution in [2.75, 3.05) is 11.9 Å². The van der Waals surface area contributed by atoms with Crippen LogP contribution in [0.15, 0.2) is 29.1 Å². The molecule has 21 heavy (non-hydrogen) atoms. The second kappa shape index (κ2) is 5.15. The first kappa shape index (κ1) is 12.8. The molecule has 5 heteroatoms. The molecule has 0 spiro atoms. The molecule has 2 N–H and O–H groups in total. The third kappa shape index (κ3) is 2.65. The lowest BCUT2D eigenvalue weighted by molar-refractivity contribution is -0.00228. The van der Waals surface area contributed by atoms with Crippen molar-refractivity contribution in [3.05, 3.63) is 34.6 Å². The van der Waals surface area contributed by atoms with Crippen LogP contribution in [0.25, 0.3) is 10.9 Å². The summed E-state index contributed by atoms with van der Waals surface area (Å²) in [7, 11) is 0. The molecule has 1 aliphatic carbocycles. The van der Waals surface area contributed by atoms with Gasteiger partial charge >= 0.3 is 0 Å². The smallest absolute Gasteiger partial charge is 0.260 e. The van der Waals surface area contributed by atoms with Crippen molar-refractivity contribution in [1.29, 1.82) is 0 Å². The number of fused-ring (bicyclic) bond motifs is 1. The second-order valence-corrected chi connectivity index (χ2v) is 6.04. The first-order valence-corrected chi connectivity index (χ1v) is 7.67. The Morgan fingerprint density at radius 1 is 1.24 bits per heavy atom. The third-order valence-corrected chi connectivity index (χ3v) is 4.42. The standard InChI is InChI=1S/C16H19N3O2/c20-15-12-3-1-2-4-13(12)18-16(19-15)17-11-7-8-21-14(9-11)10-5-6-10/h1-4,10-11,14H,5-9H2,(H2,17,18,19,20). The number of rotatable bonds is 3. The van der Waals surface area contributed by atoms with Gasteiger partial charge in [-0.2, -0.15) is 0 Å². The van der Waals surface area contributed by atoms with Gasteiger partial charge in [-0.05, 0) is 43.7 Å². The van der Waals surface area contributed by atoms with Crippen molar-refractivity contribution in [3.63, 3.8) is 0 Å². The van der Waals surface area contributed by atoms with Crippen LogP contribution in [-0.4, -0.2) is 28.7 Å². The summed E-state index contributed by atoms with van der Waals surface area (Å²) >= 11 is 0. The van der Waals surface area contributed by atoms with Gasteiger partial charge in [-0.3, -0.25) is 9.78 Å². The quantitative estimate of drug-likeness (QED) is 0.908. The van der Waals surface area contributed by atoms with Crippen LogP contribution in [0.1, 0.15) is 25.7 Å². The van der Waals surface area contributed by atoms with Crippen molar-refractivity contribution < 1.29 is 4.74 Å². The fraction of sp³-hybridized carbons (Fsp3) is 0.500. The molecule has 0 radical (unpaired) electrons. The Bertz CT molecular complexity index is 708. The van der Waals surface area contributed by atoms with Crippen LogP contribution in [-0.2, 0) is 4.74 Å². The topological polar surface area (TPSA) is 67.0 Å². The molecule has 0 bridgehead atoms. The van der Waals surface area contributed by atoms with Crippen LogP contribution in [0, 0.1) is 5.92 Å². The number of aromatic nitrogens is 2. The van der Waals surface area contributed by atoms with Crippen LogP contribution in [0.2, 0.25) is 0 Å². The van der Waals surface area contributed by atoms with E-state index in [1.54, 1.807) is 6.07 Å². The van der Waals surface area contributed by atoms with Crippen molar-refractivity contribution in [2.45, 2.75) is 37.8 Å². The second-order valence-electron chi connectivity index (χ2n) is 6.04. The van der Waals surface area contributed by atoms with E-state index in [1.807, 2.05) is 18.2 Å². The van der Waals surface area contributed by atoms with Gasteiger partial charge in [0.05, 0.1) is 17.0 Å². The number of hydrogen-bond acceptors (Lipinski definition) is 4. The molecule has 2 aromatic rings. The zero-order valence-corrected chi connectivity index (χ0v) is 11.8. The van der Waals surface area contributed by atoms with Crippen molar-refractivity contribution in [1.82, 2.24) is 9.97 Å². The van der Waals surface area contributed by atoms with E-state index in [0.29, 0.717) is 23.5 Å². The van der Waals surface area contributed by atoms with Crippen molar-refractivity contribution >= 4 is 16.9 Å². The number of aromatic amines is 1. The molecule has 5 nitrogen and oxygen atoms in total. The van der Waals surface area contributed by atoms with Crippen molar-refractivity contribution in [2.24, 2.45) is 5.92 Å². The van der Waals surface area contributed by atoms with Crippen LogP contribution in [0.4, 0.5) is 5.95 Å². The third-order valence-electron chi connectivity index (χ3n) is 4.42. The minimum atomic E-state index is -0.0890. The fourth-order valence-corrected chi connectivity index (χ4v) is 3.10. The fourth-order valence-electron chi connectivity index (χ4n) is 3.10. The number of benzene rings is 1. The predicted molar refractivity (Wildman–Crippen MR) is 81.5 cm³/mol. The number of nitrogens with one attached hydrogen (secondary N) is 2. The number of ether oxygens (including phenoxy) is 1. The maximum Gasteiger partial charge on any atom is 0.260 e. The van der Waals surface area contributed by atoms with E-state index in [-0.39, 0.29) is 5.56 Å². The highest BCUT2D eigenvalue weighted by Crippen LogP contribution is 2.38. The summed E-state index contributed by atoms with van der Waals surface area (Å²) < 4.78 is 5.83. The zero-order chi connectivity index (χ0) is 14.2. The van der Waals surface area contributed by atoms with Gasteiger partial charge in [0.15, 0.2) is 0 Å². The van der Waals surface area contributed by atoms with Crippen LogP contribution >= 0.6 is 0 Å². The van der Waals surface area contributed by atoms with E-state index in [9.17, 15) is 4.79 Å². The van der Waals surface area contributed by atoms with Gasteiger partial charge in [-0.1, -0.05) is 12.1 Å². The van der Waals surface area contributed by atoms with E-state index >= 15 is 0 Å². The normalized spacial score (nSPS) is 25.9. The average molecular weight is 285 g/mol. The van der Waals surface area contributed by atoms with Gasteiger partial charge in [-0.15, -0.1) is 0 Å². The van der Waals surface area contributed by atoms with E-state index in [4.69, 9.17) is 4.74 Å². The number of H-pyrrole nitrogens is 1. The molecule has 4 rings (SSSR count). The van der Waals surface area contributed by atoms with E-state index in [0.717, 1.165) is 30.9 Å². The lowest BCUT2D eigenvalue weighted by atomic mass is 10.0. The summed E-state index contributed by atoms with van der Waals surface area (Å²) in [5, 5.41) is 4.01. The Morgan fingerprint density at radius 2 is 2.10 bits per heavy atom. The molecule has 1 aromatic heterocycles. The Labute approximate surface area is 122 Å². The van der Waals surface area contributed by atoms with Gasteiger partial charge in [0.2, 0.25) is 5.95 Å². The molecule has 2 unspecified atom stereocenters.